The molecule has 0 aromatic heterocycles. The van der Waals surface area contributed by atoms with E-state index < -0.39 is 0 Å². The number of ether oxygens (including phenoxy) is 1. The maximum absolute atomic E-state index is 9.85. The number of benzene rings is 1. The van der Waals surface area contributed by atoms with Crippen LogP contribution in [0.2, 0.25) is 0 Å². The highest BCUT2D eigenvalue weighted by Crippen LogP contribution is 2.35. The topological polar surface area (TPSA) is 35.9 Å². The fourth-order valence-electron chi connectivity index (χ4n) is 2.61. The van der Waals surface area contributed by atoms with Gasteiger partial charge in [0.15, 0.2) is 11.5 Å². The van der Waals surface area contributed by atoms with E-state index in [2.05, 4.69) is 46.6 Å². The van der Waals surface area contributed by atoms with Gasteiger partial charge in [-0.2, -0.15) is 0 Å². The van der Waals surface area contributed by atoms with Crippen LogP contribution in [0.5, 0.6) is 11.5 Å². The molecule has 1 heterocycles. The van der Waals surface area contributed by atoms with Crippen molar-refractivity contribution in [2.75, 3.05) is 33.8 Å². The number of nitrogens with zero attached hydrogens (tertiary/aromatic N) is 2. The van der Waals surface area contributed by atoms with Gasteiger partial charge in [0.1, 0.15) is 0 Å². The lowest BCUT2D eigenvalue weighted by Crippen LogP contribution is -2.57. The van der Waals surface area contributed by atoms with Crippen molar-refractivity contribution >= 4 is 15.9 Å². The van der Waals surface area contributed by atoms with E-state index in [9.17, 15) is 5.11 Å². The van der Waals surface area contributed by atoms with Crippen LogP contribution in [0, 0.1) is 0 Å². The minimum absolute atomic E-state index is 0.162. The molecule has 0 unspecified atom stereocenters. The smallest absolute Gasteiger partial charge is 0.172 e. The lowest BCUT2D eigenvalue weighted by atomic mass is 9.99. The predicted octanol–water partition coefficient (Wildman–Crippen LogP) is 2.69. The van der Waals surface area contributed by atoms with Crippen molar-refractivity contribution in [1.82, 2.24) is 9.80 Å². The normalized spacial score (nSPS) is 20.1. The zero-order valence-corrected chi connectivity index (χ0v) is 14.2. The summed E-state index contributed by atoms with van der Waals surface area (Å²) in [5.41, 5.74) is 1.34. The summed E-state index contributed by atoms with van der Waals surface area (Å²) < 4.78 is 5.89. The zero-order chi connectivity index (χ0) is 14.9. The summed E-state index contributed by atoms with van der Waals surface area (Å²) in [6, 6.07) is 3.87. The van der Waals surface area contributed by atoms with E-state index in [0.717, 1.165) is 31.7 Å². The molecule has 1 aromatic rings. The van der Waals surface area contributed by atoms with Gasteiger partial charge in [-0.3, -0.25) is 9.80 Å². The van der Waals surface area contributed by atoms with E-state index in [1.165, 1.54) is 0 Å². The Kier molecular flexibility index (Phi) is 4.62. The maximum atomic E-state index is 9.85. The van der Waals surface area contributed by atoms with Gasteiger partial charge in [-0.15, -0.1) is 0 Å². The van der Waals surface area contributed by atoms with Crippen LogP contribution in [0.15, 0.2) is 16.6 Å². The second-order valence-corrected chi connectivity index (χ2v) is 6.93. The SMILES string of the molecule is COc1cc(CN2CCN(C)C(C)(C)C2)cc(Br)c1O. The van der Waals surface area contributed by atoms with E-state index in [-0.39, 0.29) is 11.3 Å². The van der Waals surface area contributed by atoms with Crippen molar-refractivity contribution in [3.63, 3.8) is 0 Å². The second kappa shape index (κ2) is 5.92. The molecule has 112 valence electrons. The van der Waals surface area contributed by atoms with E-state index in [4.69, 9.17) is 4.74 Å². The molecule has 0 amide bonds. The van der Waals surface area contributed by atoms with Crippen LogP contribution < -0.4 is 4.74 Å². The average molecular weight is 343 g/mol. The molecule has 2 rings (SSSR count). The van der Waals surface area contributed by atoms with Gasteiger partial charge in [0.05, 0.1) is 11.6 Å². The van der Waals surface area contributed by atoms with Gasteiger partial charge in [0.2, 0.25) is 0 Å². The number of likely N-dealkylation sites (N-methyl/N-ethyl adjacent to an activating group) is 1. The third-order valence-electron chi connectivity index (χ3n) is 4.11. The van der Waals surface area contributed by atoms with Crippen molar-refractivity contribution in [3.8, 4) is 11.5 Å². The fraction of sp³-hybridized carbons (Fsp3) is 0.600. The molecule has 1 N–H and O–H groups in total. The summed E-state index contributed by atoms with van der Waals surface area (Å²) in [6.45, 7) is 8.57. The van der Waals surface area contributed by atoms with Gasteiger partial charge < -0.3 is 9.84 Å². The van der Waals surface area contributed by atoms with Gasteiger partial charge in [-0.25, -0.2) is 0 Å². The third-order valence-corrected chi connectivity index (χ3v) is 4.71. The maximum Gasteiger partial charge on any atom is 0.172 e. The Labute approximate surface area is 129 Å². The van der Waals surface area contributed by atoms with E-state index >= 15 is 0 Å². The first-order chi connectivity index (χ1) is 9.33. The van der Waals surface area contributed by atoms with Crippen LogP contribution in [0.4, 0.5) is 0 Å². The number of piperazine rings is 1. The Balaban J connectivity index is 2.13. The lowest BCUT2D eigenvalue weighted by molar-refractivity contribution is 0.0359. The summed E-state index contributed by atoms with van der Waals surface area (Å²) in [6.07, 6.45) is 0. The largest absolute Gasteiger partial charge is 0.503 e. The monoisotopic (exact) mass is 342 g/mol. The molecule has 0 aliphatic carbocycles. The van der Waals surface area contributed by atoms with Crippen molar-refractivity contribution in [3.05, 3.63) is 22.2 Å². The van der Waals surface area contributed by atoms with Gasteiger partial charge in [-0.1, -0.05) is 0 Å². The molecule has 4 nitrogen and oxygen atoms in total. The predicted molar refractivity (Wildman–Crippen MR) is 84.3 cm³/mol. The Morgan fingerprint density at radius 2 is 2.05 bits per heavy atom. The molecule has 0 bridgehead atoms. The molecule has 0 atom stereocenters. The number of rotatable bonds is 3. The van der Waals surface area contributed by atoms with Crippen molar-refractivity contribution < 1.29 is 9.84 Å². The lowest BCUT2D eigenvalue weighted by Gasteiger charge is -2.45. The Bertz CT molecular complexity index is 491. The second-order valence-electron chi connectivity index (χ2n) is 6.07. The number of phenolic OH excluding ortho intramolecular Hbond substituents is 1. The number of methoxy groups -OCH3 is 1. The number of halogens is 1. The highest BCUT2D eigenvalue weighted by molar-refractivity contribution is 9.10. The van der Waals surface area contributed by atoms with Gasteiger partial charge in [0.25, 0.3) is 0 Å². The summed E-state index contributed by atoms with van der Waals surface area (Å²) in [5, 5.41) is 9.85. The molecule has 1 saturated heterocycles. The number of aromatic hydroxyl groups is 1. The molecule has 1 fully saturated rings. The third kappa shape index (κ3) is 3.27. The number of hydrogen-bond donors (Lipinski definition) is 1. The van der Waals surface area contributed by atoms with Crippen LogP contribution in [0.3, 0.4) is 0 Å². The molecular weight excluding hydrogens is 320 g/mol. The highest BCUT2D eigenvalue weighted by Gasteiger charge is 2.30. The summed E-state index contributed by atoms with van der Waals surface area (Å²) in [4.78, 5) is 4.84. The van der Waals surface area contributed by atoms with Gasteiger partial charge >= 0.3 is 0 Å². The zero-order valence-electron chi connectivity index (χ0n) is 12.6. The summed E-state index contributed by atoms with van der Waals surface area (Å²) in [7, 11) is 3.75. The Morgan fingerprint density at radius 3 is 2.65 bits per heavy atom. The van der Waals surface area contributed by atoms with E-state index in [1.54, 1.807) is 7.11 Å². The molecule has 1 aliphatic rings. The van der Waals surface area contributed by atoms with Crippen LogP contribution in [-0.2, 0) is 6.54 Å². The molecule has 1 aliphatic heterocycles. The van der Waals surface area contributed by atoms with Crippen LogP contribution in [0.25, 0.3) is 0 Å². The minimum Gasteiger partial charge on any atom is -0.503 e. The van der Waals surface area contributed by atoms with Crippen molar-refractivity contribution in [2.45, 2.75) is 25.9 Å². The molecule has 0 radical (unpaired) electrons. The number of phenols is 1. The van der Waals surface area contributed by atoms with Crippen molar-refractivity contribution in [2.24, 2.45) is 0 Å². The molecule has 1 aromatic carbocycles. The van der Waals surface area contributed by atoms with Gasteiger partial charge in [0, 0.05) is 31.7 Å². The molecular formula is C15H23BrN2O2. The first-order valence-electron chi connectivity index (χ1n) is 6.82. The fourth-order valence-corrected chi connectivity index (χ4v) is 3.10. The van der Waals surface area contributed by atoms with E-state index in [1.807, 2.05) is 12.1 Å². The summed E-state index contributed by atoms with van der Waals surface area (Å²) in [5.74, 6) is 0.678. The van der Waals surface area contributed by atoms with Crippen molar-refractivity contribution in [1.29, 1.82) is 0 Å². The first kappa shape index (κ1) is 15.6. The highest BCUT2D eigenvalue weighted by atomic mass is 79.9. The van der Waals surface area contributed by atoms with E-state index in [0.29, 0.717) is 10.2 Å². The Hall–Kier alpha value is -0.780. The first-order valence-corrected chi connectivity index (χ1v) is 7.62. The Morgan fingerprint density at radius 1 is 1.35 bits per heavy atom. The van der Waals surface area contributed by atoms with Crippen LogP contribution in [0.1, 0.15) is 19.4 Å². The standard InChI is InChI=1S/C15H23BrN2O2/c1-15(2)10-18(6-5-17(15)3)9-11-7-12(16)14(19)13(8-11)20-4/h7-8,19H,5-6,9-10H2,1-4H3. The number of hydrogen-bond acceptors (Lipinski definition) is 4. The molecule has 0 saturated carbocycles. The minimum atomic E-state index is 0.162. The van der Waals surface area contributed by atoms with Crippen LogP contribution in [-0.4, -0.2) is 54.2 Å². The average Bonchev–Trinajstić information content (AvgIpc) is 2.37. The quantitative estimate of drug-likeness (QED) is 0.916. The summed E-state index contributed by atoms with van der Waals surface area (Å²) >= 11 is 3.38. The molecule has 0 spiro atoms. The van der Waals surface area contributed by atoms with Crippen LogP contribution >= 0.6 is 15.9 Å². The van der Waals surface area contributed by atoms with Gasteiger partial charge in [-0.05, 0) is 54.5 Å². The molecule has 5 heteroatoms. The molecule has 20 heavy (non-hydrogen) atoms.